The van der Waals surface area contributed by atoms with Gasteiger partial charge in [-0.1, -0.05) is 24.3 Å². The number of aromatic amines is 1. The highest BCUT2D eigenvalue weighted by Crippen LogP contribution is 2.56. The highest BCUT2D eigenvalue weighted by Gasteiger charge is 2.65. The van der Waals surface area contributed by atoms with E-state index < -0.39 is 17.3 Å². The quantitative estimate of drug-likeness (QED) is 0.624. The number of benzene rings is 1. The van der Waals surface area contributed by atoms with Crippen LogP contribution in [0.3, 0.4) is 0 Å². The normalized spacial score (nSPS) is 22.6. The highest BCUT2D eigenvalue weighted by atomic mass is 16.5. The maximum Gasteiger partial charge on any atom is 0.320 e. The number of ether oxygens (including phenoxy) is 2. The number of para-hydroxylation sites is 1. The topological polar surface area (TPSA) is 108 Å². The summed E-state index contributed by atoms with van der Waals surface area (Å²) in [5, 5.41) is 15.4. The van der Waals surface area contributed by atoms with Crippen LogP contribution in [0.25, 0.3) is 0 Å². The zero-order chi connectivity index (χ0) is 20.1. The van der Waals surface area contributed by atoms with E-state index in [-0.39, 0.29) is 30.8 Å². The predicted octanol–water partition coefficient (Wildman–Crippen LogP) is 2.09. The number of H-pyrrole nitrogens is 1. The number of rotatable bonds is 4. The predicted molar refractivity (Wildman–Crippen MR) is 102 cm³/mol. The van der Waals surface area contributed by atoms with E-state index in [4.69, 9.17) is 14.9 Å². The van der Waals surface area contributed by atoms with Crippen molar-refractivity contribution < 1.29 is 19.1 Å². The SMILES string of the molecule is C=CCN1C(=O)C2(c3ccccc31)c1c(n[nH]c1C)OC(=N)C2C(=O)OCC. The highest BCUT2D eigenvalue weighted by molar-refractivity contribution is 6.18. The lowest BCUT2D eigenvalue weighted by atomic mass is 9.65. The zero-order valence-corrected chi connectivity index (χ0v) is 15.6. The van der Waals surface area contributed by atoms with Crippen molar-refractivity contribution in [3.63, 3.8) is 0 Å². The zero-order valence-electron chi connectivity index (χ0n) is 15.6. The van der Waals surface area contributed by atoms with Gasteiger partial charge < -0.3 is 14.4 Å². The average Bonchev–Trinajstić information content (AvgIpc) is 3.15. The summed E-state index contributed by atoms with van der Waals surface area (Å²) in [5.74, 6) is -2.49. The lowest BCUT2D eigenvalue weighted by Gasteiger charge is -2.38. The van der Waals surface area contributed by atoms with Gasteiger partial charge in [0.25, 0.3) is 0 Å². The average molecular weight is 380 g/mol. The fraction of sp³-hybridized carbons (Fsp3) is 0.300. The van der Waals surface area contributed by atoms with Crippen LogP contribution in [0.2, 0.25) is 0 Å². The standard InChI is InChI=1S/C20H20N4O4/c1-4-10-24-13-9-7-6-8-12(13)20(19(24)26)14-11(3)22-23-17(14)28-16(21)15(20)18(25)27-5-2/h4,6-9,15,21H,1,5,10H2,2-3H3,(H,22,23). The van der Waals surface area contributed by atoms with Crippen LogP contribution in [0.5, 0.6) is 5.88 Å². The van der Waals surface area contributed by atoms with E-state index in [1.165, 1.54) is 0 Å². The van der Waals surface area contributed by atoms with Crippen molar-refractivity contribution in [2.75, 3.05) is 18.1 Å². The van der Waals surface area contributed by atoms with Crippen LogP contribution in [-0.2, 0) is 19.7 Å². The Balaban J connectivity index is 2.09. The number of carbonyl (C=O) groups excluding carboxylic acids is 2. The Morgan fingerprint density at radius 3 is 2.96 bits per heavy atom. The second-order valence-corrected chi connectivity index (χ2v) is 6.71. The minimum Gasteiger partial charge on any atom is -0.465 e. The van der Waals surface area contributed by atoms with Crippen molar-refractivity contribution in [3.8, 4) is 5.88 Å². The molecule has 2 aromatic rings. The van der Waals surface area contributed by atoms with Crippen LogP contribution in [0.15, 0.2) is 36.9 Å². The Bertz CT molecular complexity index is 1010. The molecule has 0 saturated carbocycles. The van der Waals surface area contributed by atoms with Gasteiger partial charge in [0.2, 0.25) is 17.7 Å². The van der Waals surface area contributed by atoms with E-state index in [0.29, 0.717) is 22.5 Å². The number of esters is 1. The molecular weight excluding hydrogens is 360 g/mol. The Morgan fingerprint density at radius 2 is 2.25 bits per heavy atom. The summed E-state index contributed by atoms with van der Waals surface area (Å²) in [7, 11) is 0. The number of amides is 1. The molecule has 1 aromatic carbocycles. The van der Waals surface area contributed by atoms with Crippen molar-refractivity contribution in [2.24, 2.45) is 5.92 Å². The van der Waals surface area contributed by atoms with Crippen molar-refractivity contribution in [1.29, 1.82) is 5.41 Å². The molecule has 1 amide bonds. The van der Waals surface area contributed by atoms with Gasteiger partial charge >= 0.3 is 5.97 Å². The maximum absolute atomic E-state index is 13.9. The minimum absolute atomic E-state index is 0.127. The van der Waals surface area contributed by atoms with Gasteiger partial charge in [-0.3, -0.25) is 20.1 Å². The molecule has 8 heteroatoms. The molecule has 0 fully saturated rings. The third-order valence-corrected chi connectivity index (χ3v) is 5.25. The maximum atomic E-state index is 13.9. The molecule has 2 aliphatic rings. The molecule has 3 heterocycles. The molecule has 2 atom stereocenters. The first-order chi connectivity index (χ1) is 13.5. The summed E-state index contributed by atoms with van der Waals surface area (Å²) in [6, 6.07) is 7.26. The van der Waals surface area contributed by atoms with Gasteiger partial charge in [0.15, 0.2) is 5.92 Å². The van der Waals surface area contributed by atoms with Crippen molar-refractivity contribution in [1.82, 2.24) is 10.2 Å². The number of aryl methyl sites for hydroxylation is 1. The van der Waals surface area contributed by atoms with Crippen molar-refractivity contribution >= 4 is 23.5 Å². The molecule has 0 saturated heterocycles. The molecule has 1 aromatic heterocycles. The number of hydrogen-bond donors (Lipinski definition) is 2. The van der Waals surface area contributed by atoms with Gasteiger partial charge in [0.05, 0.1) is 12.2 Å². The number of anilines is 1. The van der Waals surface area contributed by atoms with Crippen molar-refractivity contribution in [2.45, 2.75) is 19.3 Å². The van der Waals surface area contributed by atoms with E-state index in [9.17, 15) is 9.59 Å². The van der Waals surface area contributed by atoms with Crippen LogP contribution in [-0.4, -0.2) is 41.1 Å². The number of nitrogens with one attached hydrogen (secondary N) is 2. The Morgan fingerprint density at radius 1 is 1.50 bits per heavy atom. The number of hydrogen-bond acceptors (Lipinski definition) is 6. The van der Waals surface area contributed by atoms with Gasteiger partial charge in [-0.15, -0.1) is 11.7 Å². The molecule has 28 heavy (non-hydrogen) atoms. The lowest BCUT2D eigenvalue weighted by Crippen LogP contribution is -2.56. The summed E-state index contributed by atoms with van der Waals surface area (Å²) in [6.45, 7) is 7.59. The van der Waals surface area contributed by atoms with Gasteiger partial charge in [-0.25, -0.2) is 0 Å². The van der Waals surface area contributed by atoms with Crippen LogP contribution in [0.1, 0.15) is 23.7 Å². The second kappa shape index (κ2) is 6.33. The van der Waals surface area contributed by atoms with Crippen LogP contribution < -0.4 is 9.64 Å². The molecule has 1 spiro atoms. The van der Waals surface area contributed by atoms with E-state index in [1.54, 1.807) is 30.9 Å². The van der Waals surface area contributed by atoms with Crippen LogP contribution in [0, 0.1) is 18.3 Å². The molecule has 0 bridgehead atoms. The Kier molecular flexibility index (Phi) is 4.06. The first-order valence-electron chi connectivity index (χ1n) is 8.99. The first kappa shape index (κ1) is 18.0. The molecule has 2 unspecified atom stereocenters. The number of fused-ring (bicyclic) bond motifs is 4. The third-order valence-electron chi connectivity index (χ3n) is 5.25. The monoisotopic (exact) mass is 380 g/mol. The van der Waals surface area contributed by atoms with E-state index in [1.807, 2.05) is 18.2 Å². The Labute approximate surface area is 161 Å². The molecular formula is C20H20N4O4. The van der Waals surface area contributed by atoms with Gasteiger partial charge in [-0.2, -0.15) is 0 Å². The minimum atomic E-state index is -1.48. The fourth-order valence-electron chi connectivity index (χ4n) is 4.27. The van der Waals surface area contributed by atoms with Gasteiger partial charge in [0, 0.05) is 17.9 Å². The molecule has 144 valence electrons. The molecule has 2 aliphatic heterocycles. The lowest BCUT2D eigenvalue weighted by molar-refractivity contribution is -0.150. The van der Waals surface area contributed by atoms with Gasteiger partial charge in [-0.05, 0) is 25.5 Å². The van der Waals surface area contributed by atoms with Crippen molar-refractivity contribution in [3.05, 3.63) is 53.7 Å². The van der Waals surface area contributed by atoms with Crippen LogP contribution >= 0.6 is 0 Å². The summed E-state index contributed by atoms with van der Waals surface area (Å²) in [5.41, 5.74) is 0.876. The summed E-state index contributed by atoms with van der Waals surface area (Å²) in [4.78, 5) is 28.4. The first-order valence-corrected chi connectivity index (χ1v) is 8.99. The van der Waals surface area contributed by atoms with Gasteiger partial charge in [0.1, 0.15) is 5.41 Å². The van der Waals surface area contributed by atoms with Crippen LogP contribution in [0.4, 0.5) is 5.69 Å². The number of nitrogens with zero attached hydrogens (tertiary/aromatic N) is 2. The molecule has 2 N–H and O–H groups in total. The van der Waals surface area contributed by atoms with E-state index >= 15 is 0 Å². The smallest absolute Gasteiger partial charge is 0.320 e. The third kappa shape index (κ3) is 2.11. The summed E-state index contributed by atoms with van der Waals surface area (Å²) >= 11 is 0. The summed E-state index contributed by atoms with van der Waals surface area (Å²) < 4.78 is 10.8. The molecule has 4 rings (SSSR count). The molecule has 0 radical (unpaired) electrons. The second-order valence-electron chi connectivity index (χ2n) is 6.71. The Hall–Kier alpha value is -3.42. The largest absolute Gasteiger partial charge is 0.465 e. The number of aromatic nitrogens is 2. The summed E-state index contributed by atoms with van der Waals surface area (Å²) in [6.07, 6.45) is 1.63. The number of carbonyl (C=O) groups is 2. The fourth-order valence-corrected chi connectivity index (χ4v) is 4.27. The molecule has 8 nitrogen and oxygen atoms in total. The van der Waals surface area contributed by atoms with E-state index in [2.05, 4.69) is 16.8 Å². The molecule has 0 aliphatic carbocycles. The van der Waals surface area contributed by atoms with E-state index in [0.717, 1.165) is 0 Å².